The molecule has 3 N–H and O–H groups in total. The zero-order valence-corrected chi connectivity index (χ0v) is 9.28. The molecule has 0 bridgehead atoms. The first kappa shape index (κ1) is 10.9. The molecule has 1 rings (SSSR count). The van der Waals surface area contributed by atoms with E-state index >= 15 is 0 Å². The van der Waals surface area contributed by atoms with Gasteiger partial charge in [0, 0.05) is 18.5 Å². The Bertz CT molecular complexity index is 331. The number of amides is 1. The van der Waals surface area contributed by atoms with Gasteiger partial charge >= 0.3 is 0 Å². The van der Waals surface area contributed by atoms with Gasteiger partial charge in [0.25, 0.3) is 0 Å². The van der Waals surface area contributed by atoms with Crippen molar-refractivity contribution in [3.63, 3.8) is 0 Å². The van der Waals surface area contributed by atoms with Crippen molar-refractivity contribution in [1.29, 1.82) is 0 Å². The van der Waals surface area contributed by atoms with Crippen molar-refractivity contribution in [2.75, 3.05) is 5.32 Å². The van der Waals surface area contributed by atoms with Gasteiger partial charge in [0.15, 0.2) is 0 Å². The summed E-state index contributed by atoms with van der Waals surface area (Å²) in [6, 6.07) is 1.70. The molecule has 0 fully saturated rings. The predicted molar refractivity (Wildman–Crippen MR) is 56.6 cm³/mol. The number of hydrogen-bond donors (Lipinski definition) is 2. The molecule has 0 aliphatic heterocycles. The second kappa shape index (κ2) is 4.90. The van der Waals surface area contributed by atoms with E-state index < -0.39 is 0 Å². The van der Waals surface area contributed by atoms with Crippen LogP contribution in [0.2, 0.25) is 0 Å². The van der Waals surface area contributed by atoms with Crippen molar-refractivity contribution < 1.29 is 4.79 Å². The number of rotatable bonds is 4. The Hall–Kier alpha value is -1.17. The molecule has 1 aromatic heterocycles. The number of nitrogens with zero attached hydrogens (tertiary/aromatic N) is 2. The molecule has 1 atom stereocenters. The van der Waals surface area contributed by atoms with Gasteiger partial charge in [0.05, 0.1) is 0 Å². The first-order valence-corrected chi connectivity index (χ1v) is 4.89. The minimum Gasteiger partial charge on any atom is -0.370 e. The van der Waals surface area contributed by atoms with Crippen molar-refractivity contribution in [3.05, 3.63) is 17.0 Å². The molecule has 0 saturated heterocycles. The predicted octanol–water partition coefficient (Wildman–Crippen LogP) is 0.915. The fraction of sp³-hybridized carbons (Fsp3) is 0.375. The van der Waals surface area contributed by atoms with E-state index in [1.165, 1.54) is 6.33 Å². The van der Waals surface area contributed by atoms with E-state index in [0.29, 0.717) is 10.4 Å². The molecule has 1 unspecified atom stereocenters. The summed E-state index contributed by atoms with van der Waals surface area (Å²) < 4.78 is 0.696. The lowest BCUT2D eigenvalue weighted by atomic mass is 10.2. The van der Waals surface area contributed by atoms with E-state index in [0.717, 1.165) is 0 Å². The molecule has 1 aromatic rings. The Kier molecular flexibility index (Phi) is 3.82. The molecule has 76 valence electrons. The molecule has 5 nitrogen and oxygen atoms in total. The van der Waals surface area contributed by atoms with Crippen LogP contribution in [0, 0.1) is 0 Å². The van der Waals surface area contributed by atoms with E-state index in [-0.39, 0.29) is 18.4 Å². The molecule has 0 saturated carbocycles. The topological polar surface area (TPSA) is 80.9 Å². The smallest absolute Gasteiger partial charge is 0.219 e. The van der Waals surface area contributed by atoms with Gasteiger partial charge in [-0.1, -0.05) is 0 Å². The fourth-order valence-electron chi connectivity index (χ4n) is 1.02. The fourth-order valence-corrected chi connectivity index (χ4v) is 1.33. The number of carbonyl (C=O) groups is 1. The summed E-state index contributed by atoms with van der Waals surface area (Å²) in [5, 5.41) is 3.03. The van der Waals surface area contributed by atoms with Gasteiger partial charge in [-0.2, -0.15) is 0 Å². The van der Waals surface area contributed by atoms with E-state index in [1.54, 1.807) is 6.07 Å². The van der Waals surface area contributed by atoms with Crippen LogP contribution in [0.25, 0.3) is 0 Å². The van der Waals surface area contributed by atoms with Crippen LogP contribution < -0.4 is 11.1 Å². The number of primary amides is 1. The van der Waals surface area contributed by atoms with Gasteiger partial charge in [-0.3, -0.25) is 4.79 Å². The summed E-state index contributed by atoms with van der Waals surface area (Å²) in [7, 11) is 0. The molecule has 6 heteroatoms. The third-order valence-corrected chi connectivity index (χ3v) is 1.97. The molecule has 0 spiro atoms. The normalized spacial score (nSPS) is 12.1. The number of anilines is 1. The van der Waals surface area contributed by atoms with Crippen LogP contribution in [0.4, 0.5) is 5.82 Å². The lowest BCUT2D eigenvalue weighted by Crippen LogP contribution is -2.24. The van der Waals surface area contributed by atoms with Crippen LogP contribution in [0.3, 0.4) is 0 Å². The van der Waals surface area contributed by atoms with Gasteiger partial charge < -0.3 is 11.1 Å². The summed E-state index contributed by atoms with van der Waals surface area (Å²) in [6.45, 7) is 1.86. The maximum atomic E-state index is 10.6. The highest BCUT2D eigenvalue weighted by molar-refractivity contribution is 9.10. The maximum Gasteiger partial charge on any atom is 0.219 e. The number of nitrogens with one attached hydrogen (secondary N) is 1. The zero-order valence-electron chi connectivity index (χ0n) is 7.70. The Morgan fingerprint density at radius 1 is 1.71 bits per heavy atom. The molecule has 0 aliphatic carbocycles. The highest BCUT2D eigenvalue weighted by Gasteiger charge is 2.06. The second-order valence-corrected chi connectivity index (χ2v) is 3.75. The summed E-state index contributed by atoms with van der Waals surface area (Å²) >= 11 is 3.22. The Balaban J connectivity index is 2.55. The van der Waals surface area contributed by atoms with Crippen LogP contribution in [-0.4, -0.2) is 21.9 Å². The van der Waals surface area contributed by atoms with Crippen LogP contribution in [-0.2, 0) is 4.79 Å². The Labute approximate surface area is 90.2 Å². The first-order chi connectivity index (χ1) is 6.58. The number of carbonyl (C=O) groups excluding carboxylic acids is 1. The minimum absolute atomic E-state index is 0.0331. The molecule has 14 heavy (non-hydrogen) atoms. The molecule has 0 aromatic carbocycles. The quantitative estimate of drug-likeness (QED) is 0.787. The minimum atomic E-state index is -0.335. The zero-order chi connectivity index (χ0) is 10.6. The van der Waals surface area contributed by atoms with Crippen molar-refractivity contribution in [3.8, 4) is 0 Å². The highest BCUT2D eigenvalue weighted by atomic mass is 79.9. The lowest BCUT2D eigenvalue weighted by Gasteiger charge is -2.11. The first-order valence-electron chi connectivity index (χ1n) is 4.10. The summed E-state index contributed by atoms with van der Waals surface area (Å²) in [5.74, 6) is 0.332. The number of nitrogens with two attached hydrogens (primary N) is 1. The number of aromatic nitrogens is 2. The maximum absolute atomic E-state index is 10.6. The van der Waals surface area contributed by atoms with Gasteiger partial charge in [-0.25, -0.2) is 9.97 Å². The Morgan fingerprint density at radius 3 is 3.00 bits per heavy atom. The molecule has 1 amide bonds. The van der Waals surface area contributed by atoms with Crippen molar-refractivity contribution in [1.82, 2.24) is 9.97 Å². The van der Waals surface area contributed by atoms with Crippen LogP contribution in [0.15, 0.2) is 17.0 Å². The SMILES string of the molecule is CC(CC(N)=O)Nc1cc(Br)ncn1. The van der Waals surface area contributed by atoms with Crippen molar-refractivity contribution in [2.24, 2.45) is 5.73 Å². The lowest BCUT2D eigenvalue weighted by molar-refractivity contribution is -0.118. The van der Waals surface area contributed by atoms with E-state index in [1.807, 2.05) is 6.92 Å². The Morgan fingerprint density at radius 2 is 2.43 bits per heavy atom. The average Bonchev–Trinajstić information content (AvgIpc) is 2.01. The molecular weight excluding hydrogens is 248 g/mol. The molecule has 0 aliphatic rings. The second-order valence-electron chi connectivity index (χ2n) is 2.94. The molecular formula is C8H11BrN4O. The van der Waals surface area contributed by atoms with Gasteiger partial charge in [-0.15, -0.1) is 0 Å². The third kappa shape index (κ3) is 3.69. The van der Waals surface area contributed by atoms with Gasteiger partial charge in [-0.05, 0) is 22.9 Å². The third-order valence-electron chi connectivity index (χ3n) is 1.54. The average molecular weight is 259 g/mol. The molecule has 0 radical (unpaired) electrons. The van der Waals surface area contributed by atoms with Crippen LogP contribution in [0.5, 0.6) is 0 Å². The van der Waals surface area contributed by atoms with E-state index in [4.69, 9.17) is 5.73 Å². The summed E-state index contributed by atoms with van der Waals surface area (Å²) in [4.78, 5) is 18.5. The summed E-state index contributed by atoms with van der Waals surface area (Å²) in [5.41, 5.74) is 5.06. The number of hydrogen-bond acceptors (Lipinski definition) is 4. The number of halogens is 1. The van der Waals surface area contributed by atoms with E-state index in [9.17, 15) is 4.79 Å². The van der Waals surface area contributed by atoms with Gasteiger partial charge in [0.1, 0.15) is 16.7 Å². The largest absolute Gasteiger partial charge is 0.370 e. The van der Waals surface area contributed by atoms with E-state index in [2.05, 4.69) is 31.2 Å². The monoisotopic (exact) mass is 258 g/mol. The molecule has 1 heterocycles. The van der Waals surface area contributed by atoms with Crippen molar-refractivity contribution in [2.45, 2.75) is 19.4 Å². The highest BCUT2D eigenvalue weighted by Crippen LogP contribution is 2.11. The van der Waals surface area contributed by atoms with Crippen molar-refractivity contribution >= 4 is 27.7 Å². The van der Waals surface area contributed by atoms with Crippen LogP contribution in [0.1, 0.15) is 13.3 Å². The standard InChI is InChI=1S/C8H11BrN4O/c1-5(2-7(10)14)13-8-3-6(9)11-4-12-8/h3-5H,2H2,1H3,(H2,10,14)(H,11,12,13). The van der Waals surface area contributed by atoms with Crippen LogP contribution >= 0.6 is 15.9 Å². The van der Waals surface area contributed by atoms with Gasteiger partial charge in [0.2, 0.25) is 5.91 Å². The summed E-state index contributed by atoms with van der Waals surface area (Å²) in [6.07, 6.45) is 1.71.